The van der Waals surface area contributed by atoms with Crippen LogP contribution in [0.25, 0.3) is 0 Å². The molecule has 0 bridgehead atoms. The first-order chi connectivity index (χ1) is 10.1. The van der Waals surface area contributed by atoms with Crippen LogP contribution in [0.1, 0.15) is 24.0 Å². The van der Waals surface area contributed by atoms with Crippen molar-refractivity contribution in [2.75, 3.05) is 12.3 Å². The second-order valence-electron chi connectivity index (χ2n) is 4.78. The molecule has 110 valence electrons. The average molecular weight is 287 g/mol. The Balaban J connectivity index is 2.31. The minimum Gasteiger partial charge on any atom is -0.466 e. The highest BCUT2D eigenvalue weighted by molar-refractivity contribution is 5.78. The van der Waals surface area contributed by atoms with Crippen LogP contribution in [-0.4, -0.2) is 12.6 Å². The number of anilines is 1. The summed E-state index contributed by atoms with van der Waals surface area (Å²) in [5.74, 6) is -1.41. The summed E-state index contributed by atoms with van der Waals surface area (Å²) < 4.78 is 18.8. The third-order valence-electron chi connectivity index (χ3n) is 3.28. The molecular weight excluding hydrogens is 269 g/mol. The summed E-state index contributed by atoms with van der Waals surface area (Å²) in [7, 11) is 0. The number of carbonyl (C=O) groups is 1. The molecular formula is C17H18FNO2. The second-order valence-corrected chi connectivity index (χ2v) is 4.78. The molecule has 0 aliphatic heterocycles. The Morgan fingerprint density at radius 1 is 1.24 bits per heavy atom. The third kappa shape index (κ3) is 3.81. The van der Waals surface area contributed by atoms with E-state index in [0.29, 0.717) is 18.6 Å². The van der Waals surface area contributed by atoms with E-state index in [-0.39, 0.29) is 11.7 Å². The molecule has 3 nitrogen and oxygen atoms in total. The van der Waals surface area contributed by atoms with Crippen molar-refractivity contribution in [3.05, 3.63) is 65.5 Å². The molecule has 0 aliphatic rings. The van der Waals surface area contributed by atoms with Gasteiger partial charge in [0.15, 0.2) is 0 Å². The van der Waals surface area contributed by atoms with Gasteiger partial charge in [0, 0.05) is 0 Å². The van der Waals surface area contributed by atoms with Crippen molar-refractivity contribution in [1.29, 1.82) is 0 Å². The van der Waals surface area contributed by atoms with Crippen molar-refractivity contribution in [3.63, 3.8) is 0 Å². The summed E-state index contributed by atoms with van der Waals surface area (Å²) in [6.45, 7) is 2.04. The van der Waals surface area contributed by atoms with Gasteiger partial charge in [-0.3, -0.25) is 4.79 Å². The summed E-state index contributed by atoms with van der Waals surface area (Å²) in [6, 6.07) is 14.0. The zero-order chi connectivity index (χ0) is 15.2. The topological polar surface area (TPSA) is 52.3 Å². The highest BCUT2D eigenvalue weighted by Crippen LogP contribution is 2.25. The standard InChI is InChI=1S/C17H18FNO2/c1-2-21-17(20)14(10-12-6-4-3-5-7-12)13-8-9-16(19)15(18)11-13/h3-9,11,14H,2,10,19H2,1H3. The van der Waals surface area contributed by atoms with E-state index in [4.69, 9.17) is 10.5 Å². The summed E-state index contributed by atoms with van der Waals surface area (Å²) in [6.07, 6.45) is 0.461. The van der Waals surface area contributed by atoms with Crippen molar-refractivity contribution in [2.45, 2.75) is 19.3 Å². The van der Waals surface area contributed by atoms with Gasteiger partial charge in [0.25, 0.3) is 0 Å². The maximum Gasteiger partial charge on any atom is 0.313 e. The first kappa shape index (κ1) is 15.0. The maximum atomic E-state index is 13.7. The number of nitrogens with two attached hydrogens (primary N) is 1. The van der Waals surface area contributed by atoms with Gasteiger partial charge in [-0.25, -0.2) is 4.39 Å². The molecule has 2 N–H and O–H groups in total. The molecule has 21 heavy (non-hydrogen) atoms. The largest absolute Gasteiger partial charge is 0.466 e. The van der Waals surface area contributed by atoms with E-state index < -0.39 is 11.7 Å². The van der Waals surface area contributed by atoms with Gasteiger partial charge >= 0.3 is 5.97 Å². The number of benzene rings is 2. The minimum atomic E-state index is -0.539. The molecule has 0 saturated carbocycles. The number of nitrogen functional groups attached to an aromatic ring is 1. The SMILES string of the molecule is CCOC(=O)C(Cc1ccccc1)c1ccc(N)c(F)c1. The molecule has 1 atom stereocenters. The van der Waals surface area contributed by atoms with Crippen LogP contribution in [0.4, 0.5) is 10.1 Å². The Bertz CT molecular complexity index is 613. The second kappa shape index (κ2) is 6.88. The fourth-order valence-electron chi connectivity index (χ4n) is 2.19. The zero-order valence-corrected chi connectivity index (χ0v) is 11.9. The number of carbonyl (C=O) groups excluding carboxylic acids is 1. The van der Waals surface area contributed by atoms with Gasteiger partial charge in [-0.05, 0) is 36.6 Å². The molecule has 2 aromatic rings. The molecule has 0 amide bonds. The average Bonchev–Trinajstić information content (AvgIpc) is 2.49. The molecule has 1 unspecified atom stereocenters. The van der Waals surface area contributed by atoms with Crippen LogP contribution in [0.15, 0.2) is 48.5 Å². The highest BCUT2D eigenvalue weighted by Gasteiger charge is 2.23. The van der Waals surface area contributed by atoms with Crippen LogP contribution in [0, 0.1) is 5.82 Å². The predicted octanol–water partition coefficient (Wildman–Crippen LogP) is 3.30. The van der Waals surface area contributed by atoms with Crippen molar-refractivity contribution >= 4 is 11.7 Å². The smallest absolute Gasteiger partial charge is 0.313 e. The lowest BCUT2D eigenvalue weighted by atomic mass is 9.91. The zero-order valence-electron chi connectivity index (χ0n) is 11.9. The van der Waals surface area contributed by atoms with Gasteiger partial charge in [-0.2, -0.15) is 0 Å². The van der Waals surface area contributed by atoms with Crippen molar-refractivity contribution in [2.24, 2.45) is 0 Å². The number of halogens is 1. The lowest BCUT2D eigenvalue weighted by Crippen LogP contribution is -2.18. The van der Waals surface area contributed by atoms with Gasteiger partial charge in [-0.15, -0.1) is 0 Å². The van der Waals surface area contributed by atoms with Crippen LogP contribution in [-0.2, 0) is 16.0 Å². The normalized spacial score (nSPS) is 11.9. The summed E-state index contributed by atoms with van der Waals surface area (Å²) >= 11 is 0. The molecule has 0 fully saturated rings. The Hall–Kier alpha value is -2.36. The molecule has 0 aliphatic carbocycles. The van der Waals surface area contributed by atoms with Crippen molar-refractivity contribution in [1.82, 2.24) is 0 Å². The lowest BCUT2D eigenvalue weighted by Gasteiger charge is -2.16. The first-order valence-electron chi connectivity index (χ1n) is 6.87. The predicted molar refractivity (Wildman–Crippen MR) is 80.3 cm³/mol. The molecule has 0 aromatic heterocycles. The van der Waals surface area contributed by atoms with E-state index >= 15 is 0 Å². The van der Waals surface area contributed by atoms with Crippen LogP contribution in [0.3, 0.4) is 0 Å². The Kier molecular flexibility index (Phi) is 4.93. The van der Waals surface area contributed by atoms with Crippen molar-refractivity contribution in [3.8, 4) is 0 Å². The number of ether oxygens (including phenoxy) is 1. The third-order valence-corrected chi connectivity index (χ3v) is 3.28. The fraction of sp³-hybridized carbons (Fsp3) is 0.235. The lowest BCUT2D eigenvalue weighted by molar-refractivity contribution is -0.144. The van der Waals surface area contributed by atoms with E-state index in [9.17, 15) is 9.18 Å². The Morgan fingerprint density at radius 2 is 1.95 bits per heavy atom. The molecule has 0 radical (unpaired) electrons. The maximum absolute atomic E-state index is 13.7. The van der Waals surface area contributed by atoms with Crippen LogP contribution in [0.2, 0.25) is 0 Å². The summed E-state index contributed by atoms with van der Waals surface area (Å²) in [5.41, 5.74) is 7.12. The first-order valence-corrected chi connectivity index (χ1v) is 6.87. The highest BCUT2D eigenvalue weighted by atomic mass is 19.1. The molecule has 2 aromatic carbocycles. The van der Waals surface area contributed by atoms with E-state index in [1.807, 2.05) is 30.3 Å². The monoisotopic (exact) mass is 287 g/mol. The van der Waals surface area contributed by atoms with Crippen LogP contribution >= 0.6 is 0 Å². The number of rotatable bonds is 5. The van der Waals surface area contributed by atoms with Crippen molar-refractivity contribution < 1.29 is 13.9 Å². The Morgan fingerprint density at radius 3 is 2.57 bits per heavy atom. The van der Waals surface area contributed by atoms with Crippen LogP contribution < -0.4 is 5.73 Å². The van der Waals surface area contributed by atoms with E-state index in [0.717, 1.165) is 5.56 Å². The van der Waals surface area contributed by atoms with Gasteiger partial charge < -0.3 is 10.5 Å². The van der Waals surface area contributed by atoms with E-state index in [2.05, 4.69) is 0 Å². The van der Waals surface area contributed by atoms with E-state index in [1.54, 1.807) is 13.0 Å². The molecule has 2 rings (SSSR count). The van der Waals surface area contributed by atoms with Gasteiger partial charge in [0.2, 0.25) is 0 Å². The molecule has 0 heterocycles. The number of hydrogen-bond donors (Lipinski definition) is 1. The van der Waals surface area contributed by atoms with Crippen LogP contribution in [0.5, 0.6) is 0 Å². The van der Waals surface area contributed by atoms with E-state index in [1.165, 1.54) is 12.1 Å². The fourth-order valence-corrected chi connectivity index (χ4v) is 2.19. The quantitative estimate of drug-likeness (QED) is 0.678. The summed E-state index contributed by atoms with van der Waals surface area (Å²) in [5, 5.41) is 0. The van der Waals surface area contributed by atoms with Gasteiger partial charge in [-0.1, -0.05) is 36.4 Å². The van der Waals surface area contributed by atoms with Gasteiger partial charge in [0.1, 0.15) is 5.82 Å². The van der Waals surface area contributed by atoms with Gasteiger partial charge in [0.05, 0.1) is 18.2 Å². The molecule has 0 spiro atoms. The molecule has 4 heteroatoms. The minimum absolute atomic E-state index is 0.0704. The number of esters is 1. The summed E-state index contributed by atoms with van der Waals surface area (Å²) in [4.78, 5) is 12.2. The Labute approximate surface area is 123 Å². The number of hydrogen-bond acceptors (Lipinski definition) is 3. The molecule has 0 saturated heterocycles.